The zero-order valence-electron chi connectivity index (χ0n) is 11.9. The van der Waals surface area contributed by atoms with Gasteiger partial charge in [0.05, 0.1) is 5.56 Å². The number of thioether (sulfide) groups is 1. The maximum atomic E-state index is 13.9. The molecule has 112 valence electrons. The van der Waals surface area contributed by atoms with E-state index < -0.39 is 5.82 Å². The number of amides is 1. The van der Waals surface area contributed by atoms with Gasteiger partial charge in [-0.2, -0.15) is 11.8 Å². The van der Waals surface area contributed by atoms with Gasteiger partial charge >= 0.3 is 0 Å². The van der Waals surface area contributed by atoms with Crippen molar-refractivity contribution in [2.24, 2.45) is 0 Å². The maximum absolute atomic E-state index is 13.9. The first kappa shape index (κ1) is 15.9. The zero-order valence-corrected chi connectivity index (χ0v) is 12.8. The van der Waals surface area contributed by atoms with Crippen molar-refractivity contribution in [2.45, 2.75) is 18.6 Å². The highest BCUT2D eigenvalue weighted by molar-refractivity contribution is 8.00. The Kier molecular flexibility index (Phi) is 5.66. The SMILES string of the molecule is CCC1CN(C(=O)c2cc(C#CCO)ccc2F)CCS1. The Balaban J connectivity index is 2.21. The van der Waals surface area contributed by atoms with E-state index in [2.05, 4.69) is 18.8 Å². The number of aliphatic hydroxyl groups excluding tert-OH is 1. The smallest absolute Gasteiger partial charge is 0.256 e. The number of carbonyl (C=O) groups excluding carboxylic acids is 1. The second-order valence-corrected chi connectivity index (χ2v) is 6.21. The summed E-state index contributed by atoms with van der Waals surface area (Å²) in [6.07, 6.45) is 0.999. The van der Waals surface area contributed by atoms with Crippen molar-refractivity contribution in [3.8, 4) is 11.8 Å². The summed E-state index contributed by atoms with van der Waals surface area (Å²) in [6, 6.07) is 4.23. The first-order valence-electron chi connectivity index (χ1n) is 6.95. The minimum Gasteiger partial charge on any atom is -0.384 e. The fraction of sp³-hybridized carbons (Fsp3) is 0.438. The topological polar surface area (TPSA) is 40.5 Å². The van der Waals surface area contributed by atoms with Crippen LogP contribution < -0.4 is 0 Å². The molecule has 3 nitrogen and oxygen atoms in total. The van der Waals surface area contributed by atoms with E-state index in [1.54, 1.807) is 4.90 Å². The van der Waals surface area contributed by atoms with Crippen LogP contribution in [0.15, 0.2) is 18.2 Å². The standard InChI is InChI=1S/C16H18FNO2S/c1-2-13-11-18(7-9-21-13)16(20)14-10-12(4-3-8-19)5-6-15(14)17/h5-6,10,13,19H,2,7-9,11H2,1H3. The zero-order chi connectivity index (χ0) is 15.2. The summed E-state index contributed by atoms with van der Waals surface area (Å²) in [5.74, 6) is 5.28. The number of benzene rings is 1. The summed E-state index contributed by atoms with van der Waals surface area (Å²) in [5, 5.41) is 9.12. The summed E-state index contributed by atoms with van der Waals surface area (Å²) in [7, 11) is 0. The van der Waals surface area contributed by atoms with Crippen LogP contribution in [0.2, 0.25) is 0 Å². The molecule has 1 aliphatic heterocycles. The van der Waals surface area contributed by atoms with Crippen LogP contribution in [0.1, 0.15) is 29.3 Å². The lowest BCUT2D eigenvalue weighted by atomic mass is 10.1. The highest BCUT2D eigenvalue weighted by Crippen LogP contribution is 2.23. The minimum absolute atomic E-state index is 0.0569. The van der Waals surface area contributed by atoms with Crippen LogP contribution in [0.5, 0.6) is 0 Å². The molecule has 0 aromatic heterocycles. The number of hydrogen-bond acceptors (Lipinski definition) is 3. The molecule has 1 amide bonds. The fourth-order valence-electron chi connectivity index (χ4n) is 2.23. The van der Waals surface area contributed by atoms with E-state index in [1.807, 2.05) is 11.8 Å². The van der Waals surface area contributed by atoms with Crippen molar-refractivity contribution in [3.05, 3.63) is 35.1 Å². The Bertz CT molecular complexity index is 579. The Morgan fingerprint density at radius 3 is 3.10 bits per heavy atom. The molecule has 21 heavy (non-hydrogen) atoms. The predicted octanol–water partition coefficient (Wildman–Crippen LogP) is 2.14. The molecule has 1 aromatic rings. The Hall–Kier alpha value is -1.51. The average Bonchev–Trinajstić information content (AvgIpc) is 2.53. The molecule has 1 aromatic carbocycles. The predicted molar refractivity (Wildman–Crippen MR) is 82.8 cm³/mol. The average molecular weight is 307 g/mol. The van der Waals surface area contributed by atoms with Crippen LogP contribution >= 0.6 is 11.8 Å². The van der Waals surface area contributed by atoms with E-state index in [0.29, 0.717) is 23.9 Å². The van der Waals surface area contributed by atoms with Crippen LogP contribution in [0.25, 0.3) is 0 Å². The normalized spacial score (nSPS) is 18.0. The van der Waals surface area contributed by atoms with Gasteiger partial charge in [0.2, 0.25) is 0 Å². The maximum Gasteiger partial charge on any atom is 0.256 e. The van der Waals surface area contributed by atoms with E-state index >= 15 is 0 Å². The first-order chi connectivity index (χ1) is 10.2. The second kappa shape index (κ2) is 7.48. The number of rotatable bonds is 2. The lowest BCUT2D eigenvalue weighted by Crippen LogP contribution is -2.42. The number of carbonyl (C=O) groups is 1. The van der Waals surface area contributed by atoms with Crippen LogP contribution in [-0.4, -0.2) is 46.6 Å². The van der Waals surface area contributed by atoms with Gasteiger partial charge in [-0.3, -0.25) is 4.79 Å². The quantitative estimate of drug-likeness (QED) is 0.851. The van der Waals surface area contributed by atoms with E-state index in [-0.39, 0.29) is 18.1 Å². The van der Waals surface area contributed by atoms with Crippen molar-refractivity contribution in [1.29, 1.82) is 0 Å². The largest absolute Gasteiger partial charge is 0.384 e. The van der Waals surface area contributed by atoms with Gasteiger partial charge in [0, 0.05) is 29.7 Å². The third-order valence-corrected chi connectivity index (χ3v) is 4.76. The molecule has 0 spiro atoms. The number of nitrogens with zero attached hydrogens (tertiary/aromatic N) is 1. The highest BCUT2D eigenvalue weighted by Gasteiger charge is 2.25. The molecule has 1 aliphatic rings. The Morgan fingerprint density at radius 1 is 1.57 bits per heavy atom. The van der Waals surface area contributed by atoms with Gasteiger partial charge in [-0.15, -0.1) is 0 Å². The molecule has 0 saturated carbocycles. The number of halogens is 1. The van der Waals surface area contributed by atoms with Gasteiger partial charge < -0.3 is 10.0 Å². The van der Waals surface area contributed by atoms with E-state index in [4.69, 9.17) is 5.11 Å². The second-order valence-electron chi connectivity index (χ2n) is 4.81. The molecule has 0 radical (unpaired) electrons. The Labute approximate surface area is 128 Å². The van der Waals surface area contributed by atoms with Gasteiger partial charge in [0.25, 0.3) is 5.91 Å². The van der Waals surface area contributed by atoms with Crippen molar-refractivity contribution in [3.63, 3.8) is 0 Å². The molecular weight excluding hydrogens is 289 g/mol. The lowest BCUT2D eigenvalue weighted by molar-refractivity contribution is 0.0756. The third kappa shape index (κ3) is 3.99. The monoisotopic (exact) mass is 307 g/mol. The summed E-state index contributed by atoms with van der Waals surface area (Å²) < 4.78 is 13.9. The molecule has 2 rings (SSSR count). The summed E-state index contributed by atoms with van der Waals surface area (Å²) in [6.45, 7) is 3.14. The van der Waals surface area contributed by atoms with Crippen LogP contribution in [0.3, 0.4) is 0 Å². The molecule has 0 bridgehead atoms. The Morgan fingerprint density at radius 2 is 2.38 bits per heavy atom. The molecule has 1 heterocycles. The van der Waals surface area contributed by atoms with Crippen LogP contribution in [0, 0.1) is 17.7 Å². The van der Waals surface area contributed by atoms with Crippen molar-refractivity contribution < 1.29 is 14.3 Å². The van der Waals surface area contributed by atoms with Gasteiger partial charge in [0.1, 0.15) is 12.4 Å². The van der Waals surface area contributed by atoms with E-state index in [1.165, 1.54) is 18.2 Å². The third-order valence-electron chi connectivity index (χ3n) is 3.39. The molecule has 0 aliphatic carbocycles. The van der Waals surface area contributed by atoms with E-state index in [9.17, 15) is 9.18 Å². The highest BCUT2D eigenvalue weighted by atomic mass is 32.2. The molecule has 1 saturated heterocycles. The van der Waals surface area contributed by atoms with Crippen LogP contribution in [-0.2, 0) is 0 Å². The van der Waals surface area contributed by atoms with Crippen molar-refractivity contribution in [1.82, 2.24) is 4.90 Å². The number of aliphatic hydroxyl groups is 1. The number of hydrogen-bond donors (Lipinski definition) is 1. The van der Waals surface area contributed by atoms with Crippen molar-refractivity contribution >= 4 is 17.7 Å². The van der Waals surface area contributed by atoms with Crippen LogP contribution in [0.4, 0.5) is 4.39 Å². The summed E-state index contributed by atoms with van der Waals surface area (Å²) in [4.78, 5) is 14.2. The molecule has 1 fully saturated rings. The molecule has 1 N–H and O–H groups in total. The minimum atomic E-state index is -0.527. The van der Waals surface area contributed by atoms with E-state index in [0.717, 1.165) is 12.2 Å². The molecule has 5 heteroatoms. The lowest BCUT2D eigenvalue weighted by Gasteiger charge is -2.32. The summed E-state index contributed by atoms with van der Waals surface area (Å²) in [5.41, 5.74) is 0.591. The molecule has 1 atom stereocenters. The van der Waals surface area contributed by atoms with Gasteiger partial charge in [0.15, 0.2) is 0 Å². The van der Waals surface area contributed by atoms with Gasteiger partial charge in [-0.25, -0.2) is 4.39 Å². The first-order valence-corrected chi connectivity index (χ1v) is 8.00. The molecular formula is C16H18FNO2S. The summed E-state index contributed by atoms with van der Waals surface area (Å²) >= 11 is 1.86. The molecule has 1 unspecified atom stereocenters. The van der Waals surface area contributed by atoms with Crippen molar-refractivity contribution in [2.75, 3.05) is 25.4 Å². The van der Waals surface area contributed by atoms with Gasteiger partial charge in [-0.1, -0.05) is 18.8 Å². The van der Waals surface area contributed by atoms with Gasteiger partial charge in [-0.05, 0) is 24.6 Å². The fourth-order valence-corrected chi connectivity index (χ4v) is 3.41.